The average molecular weight is 639 g/mol. The number of nitrogens with zero attached hydrogens (tertiary/aromatic N) is 4. The molecule has 0 atom stereocenters. The van der Waals surface area contributed by atoms with Gasteiger partial charge in [-0.1, -0.05) is 158 Å². The van der Waals surface area contributed by atoms with E-state index in [4.69, 9.17) is 19.9 Å². The maximum atomic E-state index is 4.88. The van der Waals surface area contributed by atoms with Gasteiger partial charge < -0.3 is 0 Å². The number of aromatic nitrogens is 4. The van der Waals surface area contributed by atoms with Crippen molar-refractivity contribution in [1.29, 1.82) is 0 Å². The van der Waals surface area contributed by atoms with Crippen LogP contribution >= 0.6 is 0 Å². The second-order valence-electron chi connectivity index (χ2n) is 12.4. The molecule has 0 aliphatic heterocycles. The van der Waals surface area contributed by atoms with E-state index in [1.54, 1.807) is 0 Å². The Morgan fingerprint density at radius 1 is 0.300 bits per heavy atom. The summed E-state index contributed by atoms with van der Waals surface area (Å²) in [6, 6.07) is 61.1. The van der Waals surface area contributed by atoms with Crippen molar-refractivity contribution in [2.24, 2.45) is 0 Å². The van der Waals surface area contributed by atoms with Gasteiger partial charge in [0.15, 0.2) is 17.5 Å². The molecule has 0 saturated heterocycles. The fourth-order valence-electron chi connectivity index (χ4n) is 6.54. The SMILES string of the molecule is c1ccc(-c2nc(-c3ccccc3)nc(-c3ccc(-c4cnc5ccc(-c6ccc(-c7cccc8ccccc78)cc6)cc5c4)cc3)n2)cc1. The first-order valence-electron chi connectivity index (χ1n) is 16.7. The summed E-state index contributed by atoms with van der Waals surface area (Å²) < 4.78 is 0. The van der Waals surface area contributed by atoms with Gasteiger partial charge in [0.2, 0.25) is 0 Å². The predicted octanol–water partition coefficient (Wildman–Crippen LogP) is 11.6. The van der Waals surface area contributed by atoms with Crippen LogP contribution in [0.3, 0.4) is 0 Å². The highest BCUT2D eigenvalue weighted by Crippen LogP contribution is 2.33. The normalized spacial score (nSPS) is 11.2. The van der Waals surface area contributed by atoms with E-state index in [9.17, 15) is 0 Å². The van der Waals surface area contributed by atoms with E-state index in [-0.39, 0.29) is 0 Å². The number of hydrogen-bond acceptors (Lipinski definition) is 4. The van der Waals surface area contributed by atoms with Gasteiger partial charge in [-0.2, -0.15) is 0 Å². The van der Waals surface area contributed by atoms with E-state index >= 15 is 0 Å². The van der Waals surface area contributed by atoms with Gasteiger partial charge in [-0.3, -0.25) is 4.98 Å². The molecule has 50 heavy (non-hydrogen) atoms. The highest BCUT2D eigenvalue weighted by atomic mass is 15.0. The Morgan fingerprint density at radius 2 is 0.780 bits per heavy atom. The van der Waals surface area contributed by atoms with Gasteiger partial charge in [-0.05, 0) is 56.8 Å². The second-order valence-corrected chi connectivity index (χ2v) is 12.4. The molecule has 9 rings (SSSR count). The van der Waals surface area contributed by atoms with Crippen molar-refractivity contribution in [2.75, 3.05) is 0 Å². The molecule has 0 spiro atoms. The Balaban J connectivity index is 1.02. The summed E-state index contributed by atoms with van der Waals surface area (Å²) in [4.78, 5) is 19.4. The maximum Gasteiger partial charge on any atom is 0.164 e. The van der Waals surface area contributed by atoms with Gasteiger partial charge in [-0.15, -0.1) is 0 Å². The van der Waals surface area contributed by atoms with Crippen molar-refractivity contribution in [3.63, 3.8) is 0 Å². The number of fused-ring (bicyclic) bond motifs is 2. The molecule has 0 saturated carbocycles. The molecule has 0 bridgehead atoms. The van der Waals surface area contributed by atoms with Crippen LogP contribution in [0.1, 0.15) is 0 Å². The standard InChI is InChI=1S/C46H30N4/c1-3-11-35(12-4-1)44-48-45(36-13-5-2-6-14-36)50-46(49-44)37-24-20-32(21-25-37)40-29-39-28-38(26-27-43(39)47-30-40)31-18-22-34(23-19-31)42-17-9-15-33-10-7-8-16-41(33)42/h1-30H. The lowest BCUT2D eigenvalue weighted by Gasteiger charge is -2.10. The molecule has 0 amide bonds. The number of benzene rings is 7. The van der Waals surface area contributed by atoms with Crippen molar-refractivity contribution < 1.29 is 0 Å². The lowest BCUT2D eigenvalue weighted by Crippen LogP contribution is -2.00. The lowest BCUT2D eigenvalue weighted by molar-refractivity contribution is 1.07. The van der Waals surface area contributed by atoms with E-state index in [0.29, 0.717) is 17.5 Å². The minimum absolute atomic E-state index is 0.636. The first kappa shape index (κ1) is 29.4. The molecule has 2 aromatic heterocycles. The van der Waals surface area contributed by atoms with Gasteiger partial charge in [-0.25, -0.2) is 15.0 Å². The second kappa shape index (κ2) is 12.7. The van der Waals surface area contributed by atoms with Crippen molar-refractivity contribution in [3.05, 3.63) is 182 Å². The van der Waals surface area contributed by atoms with Gasteiger partial charge in [0.05, 0.1) is 5.52 Å². The van der Waals surface area contributed by atoms with Crippen LogP contribution in [-0.2, 0) is 0 Å². The summed E-state index contributed by atoms with van der Waals surface area (Å²) in [5.41, 5.74) is 10.7. The summed E-state index contributed by atoms with van der Waals surface area (Å²) in [6.07, 6.45) is 1.94. The Hall–Kier alpha value is -6.78. The Kier molecular flexibility index (Phi) is 7.45. The van der Waals surface area contributed by atoms with Crippen LogP contribution in [0.25, 0.3) is 89.2 Å². The molecule has 4 heteroatoms. The quantitative estimate of drug-likeness (QED) is 0.182. The Morgan fingerprint density at radius 3 is 1.44 bits per heavy atom. The van der Waals surface area contributed by atoms with Crippen LogP contribution < -0.4 is 0 Å². The van der Waals surface area contributed by atoms with Crippen LogP contribution in [0.5, 0.6) is 0 Å². The molecule has 4 nitrogen and oxygen atoms in total. The summed E-state index contributed by atoms with van der Waals surface area (Å²) in [6.45, 7) is 0. The minimum atomic E-state index is 0.636. The van der Waals surface area contributed by atoms with Crippen molar-refractivity contribution in [3.8, 4) is 67.5 Å². The summed E-state index contributed by atoms with van der Waals surface area (Å²) in [5.74, 6) is 1.93. The third kappa shape index (κ3) is 5.69. The molecule has 2 heterocycles. The summed E-state index contributed by atoms with van der Waals surface area (Å²) in [5, 5.41) is 3.61. The molecule has 0 N–H and O–H groups in total. The van der Waals surface area contributed by atoms with Crippen LogP contribution in [0.15, 0.2) is 182 Å². The van der Waals surface area contributed by atoms with Crippen molar-refractivity contribution in [2.45, 2.75) is 0 Å². The molecule has 0 aliphatic carbocycles. The van der Waals surface area contributed by atoms with Crippen LogP contribution in [-0.4, -0.2) is 19.9 Å². The third-order valence-corrected chi connectivity index (χ3v) is 9.18. The van der Waals surface area contributed by atoms with E-state index in [1.165, 1.54) is 27.5 Å². The number of hydrogen-bond donors (Lipinski definition) is 0. The molecule has 0 aliphatic rings. The van der Waals surface area contributed by atoms with Crippen LogP contribution in [0.4, 0.5) is 0 Å². The zero-order valence-electron chi connectivity index (χ0n) is 27.1. The number of pyridine rings is 1. The highest BCUT2D eigenvalue weighted by molar-refractivity contribution is 5.97. The van der Waals surface area contributed by atoms with Gasteiger partial charge in [0.1, 0.15) is 0 Å². The van der Waals surface area contributed by atoms with E-state index in [0.717, 1.165) is 44.3 Å². The fraction of sp³-hybridized carbons (Fsp3) is 0. The molecule has 0 fully saturated rings. The largest absolute Gasteiger partial charge is 0.256 e. The minimum Gasteiger partial charge on any atom is -0.256 e. The Labute approximate surface area is 290 Å². The highest BCUT2D eigenvalue weighted by Gasteiger charge is 2.13. The van der Waals surface area contributed by atoms with E-state index in [2.05, 4.69) is 115 Å². The van der Waals surface area contributed by atoms with Gasteiger partial charge in [0, 0.05) is 33.8 Å². The molecule has 234 valence electrons. The summed E-state index contributed by atoms with van der Waals surface area (Å²) in [7, 11) is 0. The third-order valence-electron chi connectivity index (χ3n) is 9.18. The zero-order valence-corrected chi connectivity index (χ0v) is 27.1. The van der Waals surface area contributed by atoms with Crippen molar-refractivity contribution in [1.82, 2.24) is 19.9 Å². The van der Waals surface area contributed by atoms with Crippen LogP contribution in [0, 0.1) is 0 Å². The average Bonchev–Trinajstić information content (AvgIpc) is 3.21. The summed E-state index contributed by atoms with van der Waals surface area (Å²) >= 11 is 0. The molecule has 9 aromatic rings. The Bertz CT molecular complexity index is 2550. The van der Waals surface area contributed by atoms with Gasteiger partial charge >= 0.3 is 0 Å². The molecule has 0 unspecified atom stereocenters. The zero-order chi connectivity index (χ0) is 33.3. The molecule has 0 radical (unpaired) electrons. The molecular formula is C46H30N4. The lowest BCUT2D eigenvalue weighted by atomic mass is 9.95. The predicted molar refractivity (Wildman–Crippen MR) is 205 cm³/mol. The first-order chi connectivity index (χ1) is 24.7. The monoisotopic (exact) mass is 638 g/mol. The van der Waals surface area contributed by atoms with Crippen LogP contribution in [0.2, 0.25) is 0 Å². The van der Waals surface area contributed by atoms with E-state index in [1.807, 2.05) is 66.9 Å². The maximum absolute atomic E-state index is 4.88. The molecule has 7 aromatic carbocycles. The topological polar surface area (TPSA) is 51.6 Å². The van der Waals surface area contributed by atoms with E-state index < -0.39 is 0 Å². The molecular weight excluding hydrogens is 609 g/mol. The first-order valence-corrected chi connectivity index (χ1v) is 16.7. The number of rotatable bonds is 6. The fourth-order valence-corrected chi connectivity index (χ4v) is 6.54. The van der Waals surface area contributed by atoms with Crippen molar-refractivity contribution >= 4 is 21.7 Å². The smallest absolute Gasteiger partial charge is 0.164 e. The van der Waals surface area contributed by atoms with Gasteiger partial charge in [0.25, 0.3) is 0 Å².